The van der Waals surface area contributed by atoms with E-state index in [1.165, 1.54) is 17.7 Å². The van der Waals surface area contributed by atoms with Crippen molar-refractivity contribution in [3.63, 3.8) is 0 Å². The van der Waals surface area contributed by atoms with Crippen molar-refractivity contribution in [1.82, 2.24) is 19.6 Å². The molecular weight excluding hydrogens is 304 g/mol. The van der Waals surface area contributed by atoms with Gasteiger partial charge in [0.1, 0.15) is 13.2 Å². The Morgan fingerprint density at radius 2 is 2.04 bits per heavy atom. The third kappa shape index (κ3) is 2.13. The minimum Gasteiger partial charge on any atom is -0.486 e. The molecule has 0 bridgehead atoms. The van der Waals surface area contributed by atoms with Crippen molar-refractivity contribution in [2.75, 3.05) is 13.2 Å². The number of rotatable bonds is 1. The molecule has 3 heterocycles. The topological polar surface area (TPSA) is 61.5 Å². The fourth-order valence-corrected chi connectivity index (χ4v) is 3.52. The second-order valence-corrected chi connectivity index (χ2v) is 6.58. The zero-order valence-electron chi connectivity index (χ0n) is 13.5. The van der Waals surface area contributed by atoms with Gasteiger partial charge in [0, 0.05) is 11.8 Å². The third-order valence-corrected chi connectivity index (χ3v) is 4.79. The second kappa shape index (κ2) is 5.19. The van der Waals surface area contributed by atoms with Crippen LogP contribution in [0.2, 0.25) is 0 Å². The largest absolute Gasteiger partial charge is 0.486 e. The summed E-state index contributed by atoms with van der Waals surface area (Å²) in [7, 11) is 0. The quantitative estimate of drug-likeness (QED) is 0.689. The number of hydrogen-bond donors (Lipinski definition) is 0. The lowest BCUT2D eigenvalue weighted by atomic mass is 9.89. The average molecular weight is 322 g/mol. The predicted octanol–water partition coefficient (Wildman–Crippen LogP) is 2.69. The highest BCUT2D eigenvalue weighted by Crippen LogP contribution is 2.34. The van der Waals surface area contributed by atoms with Crippen molar-refractivity contribution >= 4 is 5.78 Å². The molecule has 1 aliphatic heterocycles. The van der Waals surface area contributed by atoms with Gasteiger partial charge in [-0.1, -0.05) is 6.92 Å². The maximum Gasteiger partial charge on any atom is 0.252 e. The summed E-state index contributed by atoms with van der Waals surface area (Å²) in [4.78, 5) is 9.10. The van der Waals surface area contributed by atoms with Crippen LogP contribution in [0, 0.1) is 5.92 Å². The van der Waals surface area contributed by atoms with Crippen molar-refractivity contribution in [3.8, 4) is 22.9 Å². The van der Waals surface area contributed by atoms with E-state index in [-0.39, 0.29) is 0 Å². The molecule has 1 aromatic carbocycles. The summed E-state index contributed by atoms with van der Waals surface area (Å²) in [6, 6.07) is 5.83. The lowest BCUT2D eigenvalue weighted by Gasteiger charge is -2.20. The van der Waals surface area contributed by atoms with Gasteiger partial charge in [-0.3, -0.25) is 0 Å². The first kappa shape index (κ1) is 13.8. The number of benzene rings is 1. The van der Waals surface area contributed by atoms with Crippen molar-refractivity contribution in [2.24, 2.45) is 5.92 Å². The van der Waals surface area contributed by atoms with Gasteiger partial charge in [-0.2, -0.15) is 4.98 Å². The van der Waals surface area contributed by atoms with Crippen molar-refractivity contribution in [2.45, 2.75) is 26.2 Å². The van der Waals surface area contributed by atoms with Gasteiger partial charge in [0.25, 0.3) is 5.78 Å². The Labute approximate surface area is 139 Å². The van der Waals surface area contributed by atoms with Crippen molar-refractivity contribution in [1.29, 1.82) is 0 Å². The van der Waals surface area contributed by atoms with Crippen LogP contribution in [0.3, 0.4) is 0 Å². The lowest BCUT2D eigenvalue weighted by molar-refractivity contribution is 0.171. The standard InChI is InChI=1S/C18H18N4O2/c1-11-2-4-14-13(8-11)10-19-18-20-17(21-22(14)18)12-3-5-15-16(9-12)24-7-6-23-15/h3,5,9-11H,2,4,6-8H2,1H3. The Balaban J connectivity index is 1.61. The molecule has 0 N–H and O–H groups in total. The molecule has 0 radical (unpaired) electrons. The fourth-order valence-electron chi connectivity index (χ4n) is 3.52. The Hall–Kier alpha value is -2.63. The molecule has 0 saturated carbocycles. The number of fused-ring (bicyclic) bond motifs is 4. The van der Waals surface area contributed by atoms with Gasteiger partial charge >= 0.3 is 0 Å². The van der Waals surface area contributed by atoms with Crippen LogP contribution in [0.1, 0.15) is 24.6 Å². The van der Waals surface area contributed by atoms with Crippen LogP contribution >= 0.6 is 0 Å². The highest BCUT2D eigenvalue weighted by Gasteiger charge is 2.21. The number of nitrogens with zero attached hydrogens (tertiary/aromatic N) is 4. The molecule has 2 aliphatic rings. The zero-order valence-corrected chi connectivity index (χ0v) is 13.5. The second-order valence-electron chi connectivity index (χ2n) is 6.58. The Morgan fingerprint density at radius 1 is 1.17 bits per heavy atom. The van der Waals surface area contributed by atoms with Gasteiger partial charge in [0.2, 0.25) is 0 Å². The lowest BCUT2D eigenvalue weighted by Crippen LogP contribution is -2.16. The van der Waals surface area contributed by atoms with Crippen LogP contribution in [0.25, 0.3) is 17.2 Å². The number of hydrogen-bond acceptors (Lipinski definition) is 5. The van der Waals surface area contributed by atoms with Crippen LogP contribution in [0.4, 0.5) is 0 Å². The van der Waals surface area contributed by atoms with Gasteiger partial charge in [0.05, 0.1) is 5.69 Å². The SMILES string of the molecule is CC1CCc2c(cnc3nc(-c4ccc5c(c4)OCCO5)nn23)C1. The molecule has 5 rings (SSSR count). The summed E-state index contributed by atoms with van der Waals surface area (Å²) in [5.41, 5.74) is 3.46. The molecular formula is C18H18N4O2. The molecule has 1 unspecified atom stereocenters. The summed E-state index contributed by atoms with van der Waals surface area (Å²) in [5, 5.41) is 4.72. The van der Waals surface area contributed by atoms with E-state index in [0.717, 1.165) is 29.9 Å². The van der Waals surface area contributed by atoms with Gasteiger partial charge in [-0.05, 0) is 48.9 Å². The van der Waals surface area contributed by atoms with Gasteiger partial charge < -0.3 is 9.47 Å². The van der Waals surface area contributed by atoms with E-state index in [2.05, 4.69) is 16.9 Å². The first-order valence-corrected chi connectivity index (χ1v) is 8.41. The van der Waals surface area contributed by atoms with E-state index in [9.17, 15) is 0 Å². The minimum atomic E-state index is 0.572. The first-order chi connectivity index (χ1) is 11.8. The summed E-state index contributed by atoms with van der Waals surface area (Å²) >= 11 is 0. The molecule has 2 aromatic heterocycles. The van der Waals surface area contributed by atoms with Gasteiger partial charge in [-0.25, -0.2) is 9.50 Å². The van der Waals surface area contributed by atoms with Crippen LogP contribution in [-0.4, -0.2) is 32.8 Å². The normalized spacial score (nSPS) is 19.3. The Bertz CT molecular complexity index is 934. The Morgan fingerprint density at radius 3 is 2.96 bits per heavy atom. The van der Waals surface area contributed by atoms with E-state index in [1.807, 2.05) is 28.9 Å². The van der Waals surface area contributed by atoms with Crippen LogP contribution in [0.15, 0.2) is 24.4 Å². The van der Waals surface area contributed by atoms with Crippen molar-refractivity contribution in [3.05, 3.63) is 35.7 Å². The molecule has 24 heavy (non-hydrogen) atoms. The van der Waals surface area contributed by atoms with Crippen LogP contribution < -0.4 is 9.47 Å². The maximum atomic E-state index is 5.66. The fraction of sp³-hybridized carbons (Fsp3) is 0.389. The molecule has 3 aromatic rings. The molecule has 0 fully saturated rings. The van der Waals surface area contributed by atoms with E-state index in [1.54, 1.807) is 0 Å². The molecule has 0 saturated heterocycles. The van der Waals surface area contributed by atoms with Crippen LogP contribution in [-0.2, 0) is 12.8 Å². The minimum absolute atomic E-state index is 0.572. The zero-order chi connectivity index (χ0) is 16.1. The smallest absolute Gasteiger partial charge is 0.252 e. The summed E-state index contributed by atoms with van der Waals surface area (Å²) < 4.78 is 13.1. The summed E-state index contributed by atoms with van der Waals surface area (Å²) in [5.74, 6) is 3.57. The highest BCUT2D eigenvalue weighted by molar-refractivity contribution is 5.62. The number of ether oxygens (including phenoxy) is 2. The predicted molar refractivity (Wildman–Crippen MR) is 88.4 cm³/mol. The molecule has 0 spiro atoms. The van der Waals surface area contributed by atoms with E-state index < -0.39 is 0 Å². The highest BCUT2D eigenvalue weighted by atomic mass is 16.6. The van der Waals surface area contributed by atoms with Gasteiger partial charge in [-0.15, -0.1) is 5.10 Å². The molecule has 0 amide bonds. The van der Waals surface area contributed by atoms with Crippen LogP contribution in [0.5, 0.6) is 11.5 Å². The summed E-state index contributed by atoms with van der Waals surface area (Å²) in [6.07, 6.45) is 5.24. The van der Waals surface area contributed by atoms with E-state index in [0.29, 0.717) is 30.7 Å². The molecule has 1 aliphatic carbocycles. The summed E-state index contributed by atoms with van der Waals surface area (Å²) in [6.45, 7) is 3.45. The molecule has 122 valence electrons. The Kier molecular flexibility index (Phi) is 2.98. The monoisotopic (exact) mass is 322 g/mol. The van der Waals surface area contributed by atoms with Gasteiger partial charge in [0.15, 0.2) is 17.3 Å². The number of aromatic nitrogens is 4. The average Bonchev–Trinajstić information content (AvgIpc) is 3.05. The first-order valence-electron chi connectivity index (χ1n) is 8.41. The molecule has 6 heteroatoms. The molecule has 1 atom stereocenters. The maximum absolute atomic E-state index is 5.66. The van der Waals surface area contributed by atoms with E-state index >= 15 is 0 Å². The van der Waals surface area contributed by atoms with E-state index in [4.69, 9.17) is 14.6 Å². The van der Waals surface area contributed by atoms with Crippen molar-refractivity contribution < 1.29 is 9.47 Å². The molecule has 6 nitrogen and oxygen atoms in total. The third-order valence-electron chi connectivity index (χ3n) is 4.79. The number of aryl methyl sites for hydroxylation is 1.